The van der Waals surface area contributed by atoms with Crippen LogP contribution >= 0.6 is 11.3 Å². The highest BCUT2D eigenvalue weighted by atomic mass is 32.1. The average Bonchev–Trinajstić information content (AvgIpc) is 3.24. The molecule has 0 aliphatic carbocycles. The second-order valence-corrected chi connectivity index (χ2v) is 9.43. The van der Waals surface area contributed by atoms with Gasteiger partial charge in [-0.2, -0.15) is 0 Å². The zero-order chi connectivity index (χ0) is 21.5. The van der Waals surface area contributed by atoms with Gasteiger partial charge in [0, 0.05) is 29.9 Å². The monoisotopic (exact) mass is 428 g/mol. The number of anilines is 1. The highest BCUT2D eigenvalue weighted by Gasteiger charge is 2.28. The quantitative estimate of drug-likeness (QED) is 0.679. The van der Waals surface area contributed by atoms with Crippen LogP contribution in [0.2, 0.25) is 0 Å². The summed E-state index contributed by atoms with van der Waals surface area (Å²) in [7, 11) is 1.66. The summed E-state index contributed by atoms with van der Waals surface area (Å²) in [5, 5.41) is 3.60. The molecular formula is C22H28N4O3S. The van der Waals surface area contributed by atoms with Crippen molar-refractivity contribution in [2.75, 3.05) is 38.7 Å². The Bertz CT molecular complexity index is 1060. The van der Waals surface area contributed by atoms with Gasteiger partial charge in [-0.1, -0.05) is 11.3 Å². The normalized spacial score (nSPS) is 14.9. The molecule has 3 heterocycles. The summed E-state index contributed by atoms with van der Waals surface area (Å²) >= 11 is 1.44. The maximum atomic E-state index is 13.1. The van der Waals surface area contributed by atoms with Crippen LogP contribution in [0.3, 0.4) is 0 Å². The molecule has 2 aromatic heterocycles. The van der Waals surface area contributed by atoms with Crippen LogP contribution in [-0.2, 0) is 4.74 Å². The maximum Gasteiger partial charge on any atom is 0.266 e. The number of methoxy groups -OCH3 is 1. The van der Waals surface area contributed by atoms with Crippen LogP contribution < -0.4 is 10.1 Å². The third kappa shape index (κ3) is 3.89. The molecule has 1 aliphatic heterocycles. The number of fused-ring (bicyclic) bond motifs is 1. The van der Waals surface area contributed by atoms with E-state index < -0.39 is 0 Å². The molecule has 0 spiro atoms. The number of rotatable bonds is 4. The fourth-order valence-electron chi connectivity index (χ4n) is 3.58. The number of nitrogens with one attached hydrogen (secondary N) is 1. The molecule has 1 aromatic carbocycles. The molecule has 0 atom stereocenters. The van der Waals surface area contributed by atoms with Crippen LogP contribution in [0.25, 0.3) is 16.2 Å². The number of aromatic nitrogens is 2. The van der Waals surface area contributed by atoms with Crippen molar-refractivity contribution in [3.63, 3.8) is 0 Å². The Balaban J connectivity index is 1.81. The van der Waals surface area contributed by atoms with Crippen LogP contribution in [0.4, 0.5) is 5.82 Å². The lowest BCUT2D eigenvalue weighted by Gasteiger charge is -2.26. The van der Waals surface area contributed by atoms with Crippen LogP contribution in [0, 0.1) is 6.92 Å². The molecule has 160 valence electrons. The molecule has 1 saturated heterocycles. The summed E-state index contributed by atoms with van der Waals surface area (Å²) in [5.74, 6) is 1.76. The van der Waals surface area contributed by atoms with Crippen molar-refractivity contribution in [3.8, 4) is 17.0 Å². The number of carbonyl (C=O) groups excluding carboxylic acids is 1. The van der Waals surface area contributed by atoms with E-state index in [2.05, 4.69) is 30.5 Å². The Morgan fingerprint density at radius 3 is 2.47 bits per heavy atom. The van der Waals surface area contributed by atoms with Crippen molar-refractivity contribution in [2.24, 2.45) is 0 Å². The summed E-state index contributed by atoms with van der Waals surface area (Å²) in [5.41, 5.74) is 2.61. The summed E-state index contributed by atoms with van der Waals surface area (Å²) in [6, 6.07) is 7.89. The molecule has 7 nitrogen and oxygen atoms in total. The van der Waals surface area contributed by atoms with E-state index in [1.54, 1.807) is 7.11 Å². The number of imidazole rings is 1. The molecule has 0 radical (unpaired) electrons. The van der Waals surface area contributed by atoms with Crippen molar-refractivity contribution in [3.05, 3.63) is 34.8 Å². The SMILES string of the molecule is COc1ccc(-c2nc3sc(C(=O)N4CCOCC4)c(C)n3c2NC(C)(C)C)cc1. The molecule has 4 rings (SSSR count). The van der Waals surface area contributed by atoms with Gasteiger partial charge in [0.05, 0.1) is 20.3 Å². The zero-order valence-corrected chi connectivity index (χ0v) is 18.9. The molecule has 1 amide bonds. The third-order valence-corrected chi connectivity index (χ3v) is 6.18. The average molecular weight is 429 g/mol. The number of ether oxygens (including phenoxy) is 2. The topological polar surface area (TPSA) is 68.1 Å². The lowest BCUT2D eigenvalue weighted by Crippen LogP contribution is -2.40. The molecule has 30 heavy (non-hydrogen) atoms. The van der Waals surface area contributed by atoms with Gasteiger partial charge in [0.15, 0.2) is 4.96 Å². The Hall–Kier alpha value is -2.58. The highest BCUT2D eigenvalue weighted by Crippen LogP contribution is 2.36. The first kappa shape index (κ1) is 20.7. The largest absolute Gasteiger partial charge is 0.497 e. The van der Waals surface area contributed by atoms with Crippen molar-refractivity contribution in [1.29, 1.82) is 0 Å². The summed E-state index contributed by atoms with van der Waals surface area (Å²) < 4.78 is 12.7. The molecular weight excluding hydrogens is 400 g/mol. The molecule has 1 fully saturated rings. The number of benzene rings is 1. The number of aryl methyl sites for hydroxylation is 1. The molecule has 0 saturated carbocycles. The van der Waals surface area contributed by atoms with Gasteiger partial charge in [0.25, 0.3) is 5.91 Å². The van der Waals surface area contributed by atoms with Crippen molar-refractivity contribution in [2.45, 2.75) is 33.2 Å². The van der Waals surface area contributed by atoms with Crippen molar-refractivity contribution < 1.29 is 14.3 Å². The van der Waals surface area contributed by atoms with E-state index in [0.29, 0.717) is 26.3 Å². The molecule has 0 unspecified atom stereocenters. The second kappa shape index (κ2) is 7.92. The Morgan fingerprint density at radius 2 is 1.87 bits per heavy atom. The third-order valence-electron chi connectivity index (χ3n) is 5.05. The minimum Gasteiger partial charge on any atom is -0.497 e. The number of thiazole rings is 1. The number of nitrogens with zero attached hydrogens (tertiary/aromatic N) is 3. The zero-order valence-electron chi connectivity index (χ0n) is 18.1. The van der Waals surface area contributed by atoms with E-state index in [0.717, 1.165) is 38.4 Å². The predicted molar refractivity (Wildman–Crippen MR) is 120 cm³/mol. The van der Waals surface area contributed by atoms with E-state index in [9.17, 15) is 4.79 Å². The van der Waals surface area contributed by atoms with Crippen LogP contribution in [0.1, 0.15) is 36.1 Å². The number of amides is 1. The molecule has 1 aliphatic rings. The van der Waals surface area contributed by atoms with Gasteiger partial charge in [-0.25, -0.2) is 4.98 Å². The van der Waals surface area contributed by atoms with Gasteiger partial charge >= 0.3 is 0 Å². The summed E-state index contributed by atoms with van der Waals surface area (Å²) in [6.45, 7) is 10.8. The van der Waals surface area contributed by atoms with Crippen LogP contribution in [0.5, 0.6) is 5.75 Å². The van der Waals surface area contributed by atoms with Gasteiger partial charge in [-0.05, 0) is 52.0 Å². The lowest BCUT2D eigenvalue weighted by atomic mass is 10.1. The highest BCUT2D eigenvalue weighted by molar-refractivity contribution is 7.19. The minimum atomic E-state index is -0.167. The molecule has 1 N–H and O–H groups in total. The van der Waals surface area contributed by atoms with E-state index in [-0.39, 0.29) is 11.4 Å². The van der Waals surface area contributed by atoms with E-state index in [1.165, 1.54) is 11.3 Å². The first-order chi connectivity index (χ1) is 14.3. The number of carbonyl (C=O) groups is 1. The summed E-state index contributed by atoms with van der Waals surface area (Å²) in [4.78, 5) is 21.4. The molecule has 3 aromatic rings. The van der Waals surface area contributed by atoms with Crippen LogP contribution in [-0.4, -0.2) is 59.1 Å². The fraction of sp³-hybridized carbons (Fsp3) is 0.455. The lowest BCUT2D eigenvalue weighted by molar-refractivity contribution is 0.0305. The Labute approximate surface area is 180 Å². The number of morpholine rings is 1. The first-order valence-electron chi connectivity index (χ1n) is 10.1. The summed E-state index contributed by atoms with van der Waals surface area (Å²) in [6.07, 6.45) is 0. The van der Waals surface area contributed by atoms with Gasteiger partial charge < -0.3 is 19.7 Å². The smallest absolute Gasteiger partial charge is 0.266 e. The first-order valence-corrected chi connectivity index (χ1v) is 10.9. The second-order valence-electron chi connectivity index (χ2n) is 8.45. The maximum absolute atomic E-state index is 13.1. The van der Waals surface area contributed by atoms with Gasteiger partial charge in [-0.15, -0.1) is 0 Å². The minimum absolute atomic E-state index is 0.0546. The number of hydrogen-bond donors (Lipinski definition) is 1. The van der Waals surface area contributed by atoms with E-state index >= 15 is 0 Å². The van der Waals surface area contributed by atoms with E-state index in [4.69, 9.17) is 14.5 Å². The van der Waals surface area contributed by atoms with Crippen molar-refractivity contribution >= 4 is 28.0 Å². The van der Waals surface area contributed by atoms with Gasteiger partial charge in [0.1, 0.15) is 22.1 Å². The van der Waals surface area contributed by atoms with Crippen molar-refractivity contribution in [1.82, 2.24) is 14.3 Å². The van der Waals surface area contributed by atoms with Gasteiger partial charge in [-0.3, -0.25) is 9.20 Å². The fourth-order valence-corrected chi connectivity index (χ4v) is 4.67. The number of hydrogen-bond acceptors (Lipinski definition) is 6. The van der Waals surface area contributed by atoms with Gasteiger partial charge in [0.2, 0.25) is 0 Å². The molecule has 0 bridgehead atoms. The van der Waals surface area contributed by atoms with Crippen LogP contribution in [0.15, 0.2) is 24.3 Å². The molecule has 8 heteroatoms. The Morgan fingerprint density at radius 1 is 1.20 bits per heavy atom. The standard InChI is InChI=1S/C22H28N4O3S/c1-14-18(20(27)25-10-12-29-13-11-25)30-21-23-17(15-6-8-16(28-5)9-7-15)19(26(14)21)24-22(2,3)4/h6-9,24H,10-13H2,1-5H3. The van der Waals surface area contributed by atoms with E-state index in [1.807, 2.05) is 36.1 Å². The predicted octanol–water partition coefficient (Wildman–Crippen LogP) is 4.06. The Kier molecular flexibility index (Phi) is 5.46.